The van der Waals surface area contributed by atoms with E-state index < -0.39 is 10.0 Å². The molecule has 0 radical (unpaired) electrons. The van der Waals surface area contributed by atoms with Gasteiger partial charge in [0.05, 0.1) is 17.1 Å². The highest BCUT2D eigenvalue weighted by Gasteiger charge is 2.39. The molecule has 0 saturated carbocycles. The summed E-state index contributed by atoms with van der Waals surface area (Å²) in [6, 6.07) is 6.22. The quantitative estimate of drug-likeness (QED) is 0.785. The summed E-state index contributed by atoms with van der Waals surface area (Å²) in [6.45, 7) is 0.544. The predicted octanol–water partition coefficient (Wildman–Crippen LogP) is 0.355. The number of nitrogens with zero attached hydrogens (tertiary/aromatic N) is 1. The molecule has 116 valence electrons. The topological polar surface area (TPSA) is 81.9 Å². The first-order valence-electron chi connectivity index (χ1n) is 6.35. The molecule has 0 aromatic heterocycles. The van der Waals surface area contributed by atoms with E-state index >= 15 is 0 Å². The number of methoxy groups -OCH3 is 2. The van der Waals surface area contributed by atoms with Crippen molar-refractivity contribution in [2.75, 3.05) is 27.3 Å². The Morgan fingerprint density at radius 3 is 2.05 bits per heavy atom. The van der Waals surface area contributed by atoms with Crippen LogP contribution in [0.15, 0.2) is 29.2 Å². The Bertz CT molecular complexity index is 604. The van der Waals surface area contributed by atoms with Gasteiger partial charge >= 0.3 is 0 Å². The second-order valence-corrected chi connectivity index (χ2v) is 7.14. The molecule has 1 fully saturated rings. The van der Waals surface area contributed by atoms with Gasteiger partial charge in [-0.1, -0.05) is 24.4 Å². The molecule has 1 saturated heterocycles. The second kappa shape index (κ2) is 6.37. The first-order chi connectivity index (χ1) is 9.90. The van der Waals surface area contributed by atoms with Gasteiger partial charge in [-0.3, -0.25) is 0 Å². The summed E-state index contributed by atoms with van der Waals surface area (Å²) in [5.74, 6) is 0. The zero-order valence-corrected chi connectivity index (χ0v) is 13.5. The van der Waals surface area contributed by atoms with Gasteiger partial charge in [-0.25, -0.2) is 8.42 Å². The fourth-order valence-electron chi connectivity index (χ4n) is 2.30. The maximum absolute atomic E-state index is 12.6. The minimum atomic E-state index is -3.58. The Kier molecular flexibility index (Phi) is 4.95. The third kappa shape index (κ3) is 3.24. The van der Waals surface area contributed by atoms with E-state index in [1.807, 2.05) is 0 Å². The molecular formula is C13H18N2O4S2. The second-order valence-electron chi connectivity index (χ2n) is 4.76. The van der Waals surface area contributed by atoms with Gasteiger partial charge in [-0.05, 0) is 12.1 Å². The van der Waals surface area contributed by atoms with Crippen molar-refractivity contribution in [1.82, 2.24) is 4.31 Å². The van der Waals surface area contributed by atoms with E-state index in [9.17, 15) is 8.42 Å². The number of rotatable bonds is 5. The van der Waals surface area contributed by atoms with Gasteiger partial charge in [-0.15, -0.1) is 0 Å². The Morgan fingerprint density at radius 2 is 1.67 bits per heavy atom. The van der Waals surface area contributed by atoms with Gasteiger partial charge < -0.3 is 15.2 Å². The standard InChI is InChI=1S/C13H18N2O4S2/c1-18-11-7-15(8-12(11)19-2)21(16,17)10-5-3-9(4-6-10)13(14)20/h3-6,11-12H,7-8H2,1-2H3,(H2,14,20). The normalized spacial score (nSPS) is 23.3. The smallest absolute Gasteiger partial charge is 0.243 e. The summed E-state index contributed by atoms with van der Waals surface area (Å²) < 4.78 is 37.1. The highest BCUT2D eigenvalue weighted by molar-refractivity contribution is 7.89. The Balaban J connectivity index is 2.24. The molecule has 1 aromatic carbocycles. The molecular weight excluding hydrogens is 312 g/mol. The molecule has 6 nitrogen and oxygen atoms in total. The lowest BCUT2D eigenvalue weighted by Gasteiger charge is -2.16. The molecule has 1 aliphatic heterocycles. The van der Waals surface area contributed by atoms with Crippen LogP contribution in [0.4, 0.5) is 0 Å². The molecule has 1 aromatic rings. The molecule has 0 bridgehead atoms. The van der Waals surface area contributed by atoms with E-state index in [1.165, 1.54) is 16.4 Å². The fraction of sp³-hybridized carbons (Fsp3) is 0.462. The van der Waals surface area contributed by atoms with Crippen LogP contribution < -0.4 is 5.73 Å². The monoisotopic (exact) mass is 330 g/mol. The SMILES string of the molecule is COC1CN(S(=O)(=O)c2ccc(C(N)=S)cc2)CC1OC. The van der Waals surface area contributed by atoms with E-state index in [-0.39, 0.29) is 35.2 Å². The van der Waals surface area contributed by atoms with Gasteiger partial charge in [0.1, 0.15) is 4.99 Å². The van der Waals surface area contributed by atoms with E-state index in [0.29, 0.717) is 5.56 Å². The summed E-state index contributed by atoms with van der Waals surface area (Å²) >= 11 is 4.85. The molecule has 1 aliphatic rings. The average Bonchev–Trinajstić information content (AvgIpc) is 2.91. The minimum absolute atomic E-state index is 0.203. The molecule has 0 aliphatic carbocycles. The first-order valence-corrected chi connectivity index (χ1v) is 8.20. The molecule has 2 rings (SSSR count). The van der Waals surface area contributed by atoms with Crippen LogP contribution in [-0.4, -0.2) is 57.2 Å². The minimum Gasteiger partial charge on any atom is -0.389 e. The number of nitrogens with two attached hydrogens (primary N) is 1. The molecule has 2 atom stereocenters. The van der Waals surface area contributed by atoms with Crippen LogP contribution in [0, 0.1) is 0 Å². The molecule has 21 heavy (non-hydrogen) atoms. The molecule has 2 unspecified atom stereocenters. The zero-order chi connectivity index (χ0) is 15.6. The Hall–Kier alpha value is -1.06. The summed E-state index contributed by atoms with van der Waals surface area (Å²) in [5.41, 5.74) is 6.14. The predicted molar refractivity (Wildman–Crippen MR) is 82.7 cm³/mol. The number of hydrogen-bond donors (Lipinski definition) is 1. The maximum Gasteiger partial charge on any atom is 0.243 e. The lowest BCUT2D eigenvalue weighted by atomic mass is 10.2. The van der Waals surface area contributed by atoms with Gasteiger partial charge in [0.25, 0.3) is 0 Å². The van der Waals surface area contributed by atoms with Crippen LogP contribution in [0.2, 0.25) is 0 Å². The largest absolute Gasteiger partial charge is 0.389 e. The van der Waals surface area contributed by atoms with Crippen molar-refractivity contribution in [2.24, 2.45) is 5.73 Å². The van der Waals surface area contributed by atoms with E-state index in [4.69, 9.17) is 27.4 Å². The molecule has 2 N–H and O–H groups in total. The van der Waals surface area contributed by atoms with Crippen molar-refractivity contribution < 1.29 is 17.9 Å². The number of benzene rings is 1. The number of ether oxygens (including phenoxy) is 2. The van der Waals surface area contributed by atoms with Gasteiger partial charge in [0.2, 0.25) is 10.0 Å². The summed E-state index contributed by atoms with van der Waals surface area (Å²) in [7, 11) is -0.487. The molecule has 1 heterocycles. The van der Waals surface area contributed by atoms with E-state index in [2.05, 4.69) is 0 Å². The molecule has 8 heteroatoms. The number of sulfonamides is 1. The Labute approximate surface area is 129 Å². The summed E-state index contributed by atoms with van der Waals surface area (Å²) in [6.07, 6.45) is -0.527. The van der Waals surface area contributed by atoms with Gasteiger partial charge in [0, 0.05) is 32.9 Å². The lowest BCUT2D eigenvalue weighted by Crippen LogP contribution is -2.30. The third-order valence-electron chi connectivity index (χ3n) is 3.56. The zero-order valence-electron chi connectivity index (χ0n) is 11.9. The average molecular weight is 330 g/mol. The van der Waals surface area contributed by atoms with Crippen LogP contribution >= 0.6 is 12.2 Å². The van der Waals surface area contributed by atoms with Crippen molar-refractivity contribution in [3.05, 3.63) is 29.8 Å². The Morgan fingerprint density at radius 1 is 1.19 bits per heavy atom. The van der Waals surface area contributed by atoms with Crippen molar-refractivity contribution in [3.63, 3.8) is 0 Å². The van der Waals surface area contributed by atoms with Crippen molar-refractivity contribution in [2.45, 2.75) is 17.1 Å². The molecule has 0 amide bonds. The van der Waals surface area contributed by atoms with Crippen LogP contribution in [-0.2, 0) is 19.5 Å². The van der Waals surface area contributed by atoms with Crippen LogP contribution in [0.5, 0.6) is 0 Å². The van der Waals surface area contributed by atoms with Crippen LogP contribution in [0.25, 0.3) is 0 Å². The van der Waals surface area contributed by atoms with Crippen LogP contribution in [0.3, 0.4) is 0 Å². The van der Waals surface area contributed by atoms with Crippen LogP contribution in [0.1, 0.15) is 5.56 Å². The third-order valence-corrected chi connectivity index (χ3v) is 5.65. The van der Waals surface area contributed by atoms with Crippen molar-refractivity contribution >= 4 is 27.2 Å². The highest BCUT2D eigenvalue weighted by Crippen LogP contribution is 2.24. The lowest BCUT2D eigenvalue weighted by molar-refractivity contribution is -0.00461. The summed E-state index contributed by atoms with van der Waals surface area (Å²) in [5, 5.41) is 0. The van der Waals surface area contributed by atoms with Gasteiger partial charge in [0.15, 0.2) is 0 Å². The maximum atomic E-state index is 12.6. The molecule has 0 spiro atoms. The van der Waals surface area contributed by atoms with E-state index in [1.54, 1.807) is 26.4 Å². The number of thiocarbonyl (C=S) groups is 1. The fourth-order valence-corrected chi connectivity index (χ4v) is 3.90. The summed E-state index contributed by atoms with van der Waals surface area (Å²) in [4.78, 5) is 0.438. The van der Waals surface area contributed by atoms with Crippen molar-refractivity contribution in [1.29, 1.82) is 0 Å². The van der Waals surface area contributed by atoms with Crippen molar-refractivity contribution in [3.8, 4) is 0 Å². The highest BCUT2D eigenvalue weighted by atomic mass is 32.2. The van der Waals surface area contributed by atoms with E-state index in [0.717, 1.165) is 0 Å². The number of hydrogen-bond acceptors (Lipinski definition) is 5. The van der Waals surface area contributed by atoms with Gasteiger partial charge in [-0.2, -0.15) is 4.31 Å². The first kappa shape index (κ1) is 16.3.